The third-order valence-electron chi connectivity index (χ3n) is 3.59. The summed E-state index contributed by atoms with van der Waals surface area (Å²) in [4.78, 5) is 2.49. The van der Waals surface area contributed by atoms with Crippen LogP contribution in [-0.4, -0.2) is 43.3 Å². The van der Waals surface area contributed by atoms with Gasteiger partial charge in [0, 0.05) is 32.3 Å². The van der Waals surface area contributed by atoms with Crippen LogP contribution < -0.4 is 5.73 Å². The molecule has 0 radical (unpaired) electrons. The highest BCUT2D eigenvalue weighted by atomic mass is 16.5. The molecule has 2 rings (SSSR count). The third-order valence-corrected chi connectivity index (χ3v) is 3.59. The van der Waals surface area contributed by atoms with E-state index in [0.29, 0.717) is 18.7 Å². The number of rotatable bonds is 4. The summed E-state index contributed by atoms with van der Waals surface area (Å²) >= 11 is 0. The Morgan fingerprint density at radius 1 is 1.39 bits per heavy atom. The molecule has 0 aromatic heterocycles. The van der Waals surface area contributed by atoms with Crippen LogP contribution in [0.5, 0.6) is 0 Å². The third kappa shape index (κ3) is 3.80. The first-order chi connectivity index (χ1) is 8.79. The van der Waals surface area contributed by atoms with Crippen LogP contribution in [0.1, 0.15) is 18.9 Å². The van der Waals surface area contributed by atoms with Crippen molar-refractivity contribution in [2.45, 2.75) is 31.9 Å². The average molecular weight is 248 g/mol. The highest BCUT2D eigenvalue weighted by molar-refractivity contribution is 5.16. The van der Waals surface area contributed by atoms with Gasteiger partial charge in [-0.3, -0.25) is 4.90 Å². The van der Waals surface area contributed by atoms with Gasteiger partial charge in [0.1, 0.15) is 0 Å². The van der Waals surface area contributed by atoms with E-state index < -0.39 is 0 Å². The predicted molar refractivity (Wildman–Crippen MR) is 74.6 cm³/mol. The fourth-order valence-corrected chi connectivity index (χ4v) is 2.61. The molecule has 18 heavy (non-hydrogen) atoms. The number of ether oxygens (including phenoxy) is 1. The average Bonchev–Trinajstić information content (AvgIpc) is 2.62. The minimum atomic E-state index is 0.317. The standard InChI is InChI=1S/C15H24N2O/c1-13-12-17(8-5-9-18-13)15(11-16)10-14-6-3-2-4-7-14/h2-4,6-7,13,15H,5,8-12,16H2,1H3. The van der Waals surface area contributed by atoms with Crippen molar-refractivity contribution >= 4 is 0 Å². The zero-order valence-corrected chi connectivity index (χ0v) is 11.2. The van der Waals surface area contributed by atoms with Gasteiger partial charge in [-0.25, -0.2) is 0 Å². The zero-order chi connectivity index (χ0) is 12.8. The van der Waals surface area contributed by atoms with E-state index in [1.165, 1.54) is 5.56 Å². The Hall–Kier alpha value is -0.900. The lowest BCUT2D eigenvalue weighted by atomic mass is 10.0. The second kappa shape index (κ2) is 6.88. The molecule has 2 unspecified atom stereocenters. The lowest BCUT2D eigenvalue weighted by Gasteiger charge is -2.30. The first-order valence-corrected chi connectivity index (χ1v) is 6.89. The molecule has 3 heteroatoms. The molecule has 100 valence electrons. The minimum Gasteiger partial charge on any atom is -0.377 e. The maximum absolute atomic E-state index is 5.97. The second-order valence-electron chi connectivity index (χ2n) is 5.11. The SMILES string of the molecule is CC1CN(C(CN)Cc2ccccc2)CCCO1. The summed E-state index contributed by atoms with van der Waals surface area (Å²) in [5.41, 5.74) is 7.33. The first kappa shape index (κ1) is 13.5. The van der Waals surface area contributed by atoms with E-state index in [-0.39, 0.29) is 0 Å². The molecule has 0 spiro atoms. The summed E-state index contributed by atoms with van der Waals surface area (Å²) in [6.07, 6.45) is 2.46. The topological polar surface area (TPSA) is 38.5 Å². The Morgan fingerprint density at radius 2 is 2.17 bits per heavy atom. The van der Waals surface area contributed by atoms with Gasteiger partial charge in [0.2, 0.25) is 0 Å². The number of nitrogens with zero attached hydrogens (tertiary/aromatic N) is 1. The van der Waals surface area contributed by atoms with Gasteiger partial charge in [0.05, 0.1) is 6.10 Å². The van der Waals surface area contributed by atoms with E-state index in [4.69, 9.17) is 10.5 Å². The smallest absolute Gasteiger partial charge is 0.0674 e. The molecular weight excluding hydrogens is 224 g/mol. The van der Waals surface area contributed by atoms with Crippen LogP contribution in [0.15, 0.2) is 30.3 Å². The van der Waals surface area contributed by atoms with Gasteiger partial charge >= 0.3 is 0 Å². The minimum absolute atomic E-state index is 0.317. The van der Waals surface area contributed by atoms with Crippen LogP contribution in [0, 0.1) is 0 Å². The van der Waals surface area contributed by atoms with Crippen LogP contribution >= 0.6 is 0 Å². The Kier molecular flexibility index (Phi) is 5.17. The summed E-state index contributed by atoms with van der Waals surface area (Å²) < 4.78 is 5.70. The molecule has 0 aliphatic carbocycles. The molecule has 1 heterocycles. The van der Waals surface area contributed by atoms with Crippen LogP contribution in [0.2, 0.25) is 0 Å². The molecule has 2 N–H and O–H groups in total. The molecule has 1 aromatic carbocycles. The largest absolute Gasteiger partial charge is 0.377 e. The van der Waals surface area contributed by atoms with E-state index in [2.05, 4.69) is 42.2 Å². The number of hydrogen-bond acceptors (Lipinski definition) is 3. The lowest BCUT2D eigenvalue weighted by Crippen LogP contribution is -2.44. The second-order valence-corrected chi connectivity index (χ2v) is 5.11. The molecule has 1 aromatic rings. The van der Waals surface area contributed by atoms with Gasteiger partial charge in [-0.15, -0.1) is 0 Å². The summed E-state index contributed by atoms with van der Waals surface area (Å²) in [5, 5.41) is 0. The highest BCUT2D eigenvalue weighted by Gasteiger charge is 2.22. The van der Waals surface area contributed by atoms with Gasteiger partial charge in [-0.2, -0.15) is 0 Å². The molecule has 0 amide bonds. The number of hydrogen-bond donors (Lipinski definition) is 1. The molecule has 1 aliphatic rings. The molecule has 0 bridgehead atoms. The number of nitrogens with two attached hydrogens (primary N) is 1. The Balaban J connectivity index is 1.98. The fraction of sp³-hybridized carbons (Fsp3) is 0.600. The molecule has 0 saturated carbocycles. The van der Waals surface area contributed by atoms with E-state index >= 15 is 0 Å². The van der Waals surface area contributed by atoms with Crippen molar-refractivity contribution in [3.63, 3.8) is 0 Å². The zero-order valence-electron chi connectivity index (χ0n) is 11.2. The molecule has 1 saturated heterocycles. The van der Waals surface area contributed by atoms with Crippen LogP contribution in [0.4, 0.5) is 0 Å². The fourth-order valence-electron chi connectivity index (χ4n) is 2.61. The van der Waals surface area contributed by atoms with Crippen molar-refractivity contribution in [3.8, 4) is 0 Å². The van der Waals surface area contributed by atoms with Gasteiger partial charge < -0.3 is 10.5 Å². The summed E-state index contributed by atoms with van der Waals surface area (Å²) in [5.74, 6) is 0. The van der Waals surface area contributed by atoms with Crippen molar-refractivity contribution in [2.75, 3.05) is 26.2 Å². The summed E-state index contributed by atoms with van der Waals surface area (Å²) in [6, 6.07) is 11.0. The molecular formula is C15H24N2O. The van der Waals surface area contributed by atoms with Crippen LogP contribution in [0.3, 0.4) is 0 Å². The van der Waals surface area contributed by atoms with E-state index in [1.807, 2.05) is 0 Å². The highest BCUT2D eigenvalue weighted by Crippen LogP contribution is 2.13. The Bertz CT molecular complexity index is 342. The normalized spacial score (nSPS) is 23.6. The molecule has 2 atom stereocenters. The van der Waals surface area contributed by atoms with E-state index in [9.17, 15) is 0 Å². The van der Waals surface area contributed by atoms with E-state index in [1.54, 1.807) is 0 Å². The lowest BCUT2D eigenvalue weighted by molar-refractivity contribution is 0.0612. The molecule has 1 aliphatic heterocycles. The number of benzene rings is 1. The quantitative estimate of drug-likeness (QED) is 0.881. The monoisotopic (exact) mass is 248 g/mol. The van der Waals surface area contributed by atoms with Crippen molar-refractivity contribution in [1.82, 2.24) is 4.90 Å². The predicted octanol–water partition coefficient (Wildman–Crippen LogP) is 1.67. The van der Waals surface area contributed by atoms with Gasteiger partial charge in [-0.1, -0.05) is 30.3 Å². The summed E-state index contributed by atoms with van der Waals surface area (Å²) in [6.45, 7) is 5.82. The summed E-state index contributed by atoms with van der Waals surface area (Å²) in [7, 11) is 0. The van der Waals surface area contributed by atoms with Crippen molar-refractivity contribution in [3.05, 3.63) is 35.9 Å². The Labute approximate surface area is 110 Å². The van der Waals surface area contributed by atoms with E-state index in [0.717, 1.165) is 32.5 Å². The van der Waals surface area contributed by atoms with Gasteiger partial charge in [0.25, 0.3) is 0 Å². The maximum Gasteiger partial charge on any atom is 0.0674 e. The van der Waals surface area contributed by atoms with Crippen molar-refractivity contribution in [1.29, 1.82) is 0 Å². The van der Waals surface area contributed by atoms with Crippen LogP contribution in [-0.2, 0) is 11.2 Å². The van der Waals surface area contributed by atoms with Crippen molar-refractivity contribution in [2.24, 2.45) is 5.73 Å². The first-order valence-electron chi connectivity index (χ1n) is 6.89. The van der Waals surface area contributed by atoms with Crippen molar-refractivity contribution < 1.29 is 4.74 Å². The molecule has 1 fully saturated rings. The maximum atomic E-state index is 5.97. The molecule has 3 nitrogen and oxygen atoms in total. The van der Waals surface area contributed by atoms with Gasteiger partial charge in [0.15, 0.2) is 0 Å². The van der Waals surface area contributed by atoms with Crippen LogP contribution in [0.25, 0.3) is 0 Å². The van der Waals surface area contributed by atoms with Gasteiger partial charge in [-0.05, 0) is 25.3 Å². The Morgan fingerprint density at radius 3 is 2.89 bits per heavy atom.